The highest BCUT2D eigenvalue weighted by Gasteiger charge is 2.17. The van der Waals surface area contributed by atoms with Gasteiger partial charge in [-0.15, -0.1) is 0 Å². The Bertz CT molecular complexity index is 1340. The first-order chi connectivity index (χ1) is 16.5. The summed E-state index contributed by atoms with van der Waals surface area (Å²) in [6.07, 6.45) is 4.20. The second kappa shape index (κ2) is 10.8. The summed E-state index contributed by atoms with van der Waals surface area (Å²) < 4.78 is 38.3. The number of esters is 1. The minimum atomic E-state index is -3.79. The number of sulfonamides is 1. The zero-order chi connectivity index (χ0) is 23.8. The minimum absolute atomic E-state index is 0.00771. The van der Waals surface area contributed by atoms with E-state index in [1.54, 1.807) is 18.5 Å². The summed E-state index contributed by atoms with van der Waals surface area (Å²) >= 11 is 0. The number of nitrogens with one attached hydrogen (secondary N) is 1. The molecule has 0 amide bonds. The van der Waals surface area contributed by atoms with Crippen molar-refractivity contribution in [3.8, 4) is 11.4 Å². The second-order valence-electron chi connectivity index (χ2n) is 7.33. The van der Waals surface area contributed by atoms with Crippen molar-refractivity contribution in [2.45, 2.75) is 24.3 Å². The maximum atomic E-state index is 12.6. The van der Waals surface area contributed by atoms with E-state index in [-0.39, 0.29) is 23.6 Å². The fourth-order valence-electron chi connectivity index (χ4n) is 3.09. The van der Waals surface area contributed by atoms with Gasteiger partial charge in [-0.05, 0) is 42.3 Å². The molecule has 0 unspecified atom stereocenters. The lowest BCUT2D eigenvalue weighted by Crippen LogP contribution is -2.23. The van der Waals surface area contributed by atoms with Crippen LogP contribution in [0.15, 0.2) is 88.5 Å². The molecule has 0 spiro atoms. The van der Waals surface area contributed by atoms with Gasteiger partial charge in [-0.2, -0.15) is 4.98 Å². The van der Waals surface area contributed by atoms with Crippen molar-refractivity contribution < 1.29 is 22.5 Å². The summed E-state index contributed by atoms with van der Waals surface area (Å²) in [5.41, 5.74) is 1.73. The Morgan fingerprint density at radius 3 is 2.68 bits per heavy atom. The summed E-state index contributed by atoms with van der Waals surface area (Å²) in [4.78, 5) is 20.7. The van der Waals surface area contributed by atoms with E-state index < -0.39 is 16.0 Å². The molecule has 10 heteroatoms. The standard InChI is InChI=1S/C24H22N4O5S/c29-24(32-14-6-12-22-27-23(28-33-22)20-10-5-13-25-17-20)19-9-4-11-21(15-19)34(30,31)26-16-18-7-2-1-3-8-18/h1-5,7-11,13,15,17,26H,6,12,14,16H2. The first-order valence-electron chi connectivity index (χ1n) is 10.5. The van der Waals surface area contributed by atoms with Crippen molar-refractivity contribution in [1.82, 2.24) is 19.8 Å². The van der Waals surface area contributed by atoms with Gasteiger partial charge < -0.3 is 9.26 Å². The topological polar surface area (TPSA) is 124 Å². The summed E-state index contributed by atoms with van der Waals surface area (Å²) in [6.45, 7) is 0.267. The molecule has 0 bridgehead atoms. The Morgan fingerprint density at radius 1 is 1.03 bits per heavy atom. The SMILES string of the molecule is O=C(OCCCc1nc(-c2cccnc2)no1)c1cccc(S(=O)(=O)NCc2ccccc2)c1. The van der Waals surface area contributed by atoms with Crippen LogP contribution < -0.4 is 4.72 Å². The van der Waals surface area contributed by atoms with Crippen molar-refractivity contribution in [3.63, 3.8) is 0 Å². The molecule has 0 atom stereocenters. The highest BCUT2D eigenvalue weighted by molar-refractivity contribution is 7.89. The van der Waals surface area contributed by atoms with Crippen LogP contribution in [0, 0.1) is 0 Å². The van der Waals surface area contributed by atoms with Gasteiger partial charge in [-0.1, -0.05) is 41.6 Å². The Hall–Kier alpha value is -3.89. The third-order valence-corrected chi connectivity index (χ3v) is 6.24. The van der Waals surface area contributed by atoms with Gasteiger partial charge >= 0.3 is 5.97 Å². The molecule has 2 heterocycles. The first-order valence-corrected chi connectivity index (χ1v) is 12.0. The van der Waals surface area contributed by atoms with Crippen molar-refractivity contribution in [2.75, 3.05) is 6.61 Å². The normalized spacial score (nSPS) is 11.3. The predicted molar refractivity (Wildman–Crippen MR) is 123 cm³/mol. The number of ether oxygens (including phenoxy) is 1. The molecule has 4 aromatic rings. The quantitative estimate of drug-likeness (QED) is 0.272. The van der Waals surface area contributed by atoms with Crippen molar-refractivity contribution >= 4 is 16.0 Å². The van der Waals surface area contributed by atoms with Crippen molar-refractivity contribution in [3.05, 3.63) is 96.1 Å². The Morgan fingerprint density at radius 2 is 1.88 bits per heavy atom. The van der Waals surface area contributed by atoms with E-state index in [9.17, 15) is 13.2 Å². The van der Waals surface area contributed by atoms with E-state index in [0.29, 0.717) is 24.6 Å². The van der Waals surface area contributed by atoms with Crippen LogP contribution in [0.25, 0.3) is 11.4 Å². The number of carbonyl (C=O) groups is 1. The number of nitrogens with zero attached hydrogens (tertiary/aromatic N) is 3. The third kappa shape index (κ3) is 6.12. The summed E-state index contributed by atoms with van der Waals surface area (Å²) in [5, 5.41) is 3.92. The Kier molecular flexibility index (Phi) is 7.41. The molecule has 34 heavy (non-hydrogen) atoms. The molecule has 2 aromatic carbocycles. The minimum Gasteiger partial charge on any atom is -0.462 e. The number of pyridine rings is 1. The van der Waals surface area contributed by atoms with E-state index in [0.717, 1.165) is 11.1 Å². The summed E-state index contributed by atoms with van der Waals surface area (Å²) in [6, 6.07) is 18.5. The van der Waals surface area contributed by atoms with Crippen LogP contribution in [0.5, 0.6) is 0 Å². The zero-order valence-electron chi connectivity index (χ0n) is 18.1. The number of rotatable bonds is 10. The van der Waals surface area contributed by atoms with E-state index in [1.165, 1.54) is 24.3 Å². The van der Waals surface area contributed by atoms with Crippen LogP contribution in [-0.4, -0.2) is 36.1 Å². The van der Waals surface area contributed by atoms with E-state index in [4.69, 9.17) is 9.26 Å². The fraction of sp³-hybridized carbons (Fsp3) is 0.167. The third-order valence-electron chi connectivity index (χ3n) is 4.85. The van der Waals surface area contributed by atoms with Gasteiger partial charge in [-0.25, -0.2) is 17.9 Å². The van der Waals surface area contributed by atoms with Gasteiger partial charge in [0.25, 0.3) is 0 Å². The van der Waals surface area contributed by atoms with Gasteiger partial charge in [-0.3, -0.25) is 4.98 Å². The largest absolute Gasteiger partial charge is 0.462 e. The first kappa shape index (κ1) is 23.3. The molecule has 174 valence electrons. The van der Waals surface area contributed by atoms with Gasteiger partial charge in [0.15, 0.2) is 0 Å². The number of aromatic nitrogens is 3. The monoisotopic (exact) mass is 478 g/mol. The lowest BCUT2D eigenvalue weighted by Gasteiger charge is -2.09. The van der Waals surface area contributed by atoms with Crippen LogP contribution in [-0.2, 0) is 27.7 Å². The number of benzene rings is 2. The van der Waals surface area contributed by atoms with E-state index >= 15 is 0 Å². The Balaban J connectivity index is 1.28. The second-order valence-corrected chi connectivity index (χ2v) is 9.10. The van der Waals surface area contributed by atoms with Crippen molar-refractivity contribution in [2.24, 2.45) is 0 Å². The van der Waals surface area contributed by atoms with Gasteiger partial charge in [0, 0.05) is 30.9 Å². The average molecular weight is 479 g/mol. The molecule has 0 aliphatic carbocycles. The lowest BCUT2D eigenvalue weighted by atomic mass is 10.2. The number of aryl methyl sites for hydroxylation is 1. The molecule has 0 fully saturated rings. The molecule has 9 nitrogen and oxygen atoms in total. The smallest absolute Gasteiger partial charge is 0.338 e. The Labute approximate surface area is 196 Å². The zero-order valence-corrected chi connectivity index (χ0v) is 18.9. The van der Waals surface area contributed by atoms with Crippen molar-refractivity contribution in [1.29, 1.82) is 0 Å². The number of carbonyl (C=O) groups excluding carboxylic acids is 1. The highest BCUT2D eigenvalue weighted by Crippen LogP contribution is 2.15. The van der Waals surface area contributed by atoms with Gasteiger partial charge in [0.05, 0.1) is 17.1 Å². The van der Waals surface area contributed by atoms with Crippen LogP contribution in [0.2, 0.25) is 0 Å². The predicted octanol–water partition coefficient (Wildman–Crippen LogP) is 3.40. The summed E-state index contributed by atoms with van der Waals surface area (Å²) in [7, 11) is -3.79. The molecule has 0 radical (unpaired) electrons. The number of hydrogen-bond donors (Lipinski definition) is 1. The molecular weight excluding hydrogens is 456 g/mol. The summed E-state index contributed by atoms with van der Waals surface area (Å²) in [5.74, 6) is 0.258. The molecule has 4 rings (SSSR count). The molecule has 0 saturated heterocycles. The van der Waals surface area contributed by atoms with E-state index in [1.807, 2.05) is 36.4 Å². The van der Waals surface area contributed by atoms with Crippen LogP contribution >= 0.6 is 0 Å². The van der Waals surface area contributed by atoms with Crippen LogP contribution in [0.3, 0.4) is 0 Å². The average Bonchev–Trinajstić information content (AvgIpc) is 3.36. The molecule has 0 aliphatic heterocycles. The maximum absolute atomic E-state index is 12.6. The maximum Gasteiger partial charge on any atom is 0.338 e. The van der Waals surface area contributed by atoms with Crippen LogP contribution in [0.1, 0.15) is 28.2 Å². The molecule has 0 saturated carbocycles. The molecular formula is C24H22N4O5S. The lowest BCUT2D eigenvalue weighted by molar-refractivity contribution is 0.0498. The van der Waals surface area contributed by atoms with Crippen LogP contribution in [0.4, 0.5) is 0 Å². The van der Waals surface area contributed by atoms with E-state index in [2.05, 4.69) is 19.8 Å². The highest BCUT2D eigenvalue weighted by atomic mass is 32.2. The molecule has 2 aromatic heterocycles. The number of hydrogen-bond acceptors (Lipinski definition) is 8. The fourth-order valence-corrected chi connectivity index (χ4v) is 4.15. The molecule has 1 N–H and O–H groups in total. The molecule has 0 aliphatic rings. The van der Waals surface area contributed by atoms with Gasteiger partial charge in [0.1, 0.15) is 0 Å². The van der Waals surface area contributed by atoms with Gasteiger partial charge in [0.2, 0.25) is 21.7 Å².